The molecular weight excluding hydrogens is 647 g/mol. The highest BCUT2D eigenvalue weighted by molar-refractivity contribution is 5.69. The van der Waals surface area contributed by atoms with Crippen molar-refractivity contribution >= 4 is 12.4 Å². The van der Waals surface area contributed by atoms with E-state index in [4.69, 9.17) is 14.6 Å². The molecule has 0 saturated carbocycles. The number of carboxylic acid groups (broad SMARTS) is 1. The summed E-state index contributed by atoms with van der Waals surface area (Å²) in [5.41, 5.74) is -0.240. The molecule has 0 aromatic rings. The number of esters is 1. The predicted octanol–water partition coefficient (Wildman–Crippen LogP) is 14.0. The van der Waals surface area contributed by atoms with Gasteiger partial charge in [-0.2, -0.15) is 0 Å². The molecule has 0 amide bonds. The Morgan fingerprint density at radius 1 is 0.500 bits per heavy atom. The van der Waals surface area contributed by atoms with E-state index in [1.807, 2.05) is 0 Å². The second-order valence-corrected chi connectivity index (χ2v) is 15.8. The average molecular weight is 740 g/mol. The first-order chi connectivity index (χ1) is 25.5. The molecule has 0 saturated heterocycles. The third kappa shape index (κ3) is 38.6. The van der Waals surface area contributed by atoms with E-state index in [2.05, 4.69) is 32.6 Å². The van der Waals surface area contributed by atoms with Crippen LogP contribution in [0.2, 0.25) is 0 Å². The lowest BCUT2D eigenvalue weighted by molar-refractivity contribution is -0.162. The number of hydrogen-bond acceptors (Lipinski definition) is 5. The molecule has 0 unspecified atom stereocenters. The maximum atomic E-state index is 13.0. The minimum absolute atomic E-state index is 0.0427. The van der Waals surface area contributed by atoms with Gasteiger partial charge in [-0.15, -0.1) is 0 Å². The Labute approximate surface area is 325 Å². The van der Waals surface area contributed by atoms with Gasteiger partial charge in [0.2, 0.25) is 0 Å². The zero-order valence-corrected chi connectivity index (χ0v) is 35.7. The van der Waals surface area contributed by atoms with Gasteiger partial charge in [-0.05, 0) is 64.5 Å². The van der Waals surface area contributed by atoms with E-state index in [-0.39, 0.29) is 24.6 Å². The molecule has 0 heterocycles. The molecule has 0 bridgehead atoms. The standard InChI is InChI=1S/C45H91NO3.CH2O2/c1-5-9-12-15-18-19-20-21-22-23-24-25-30-35-40-46(42-43-47)41-36-31-26-27-32-37-44(48)49-45(8-4,38-33-28-16-13-10-6-2)39-34-29-17-14-11-7-3;2-1-3/h47H,5-43H2,1-4H3;1H,(H,2,3). The van der Waals surface area contributed by atoms with Crippen molar-refractivity contribution in [1.29, 1.82) is 0 Å². The van der Waals surface area contributed by atoms with Crippen LogP contribution in [0.15, 0.2) is 0 Å². The maximum Gasteiger partial charge on any atom is 0.306 e. The van der Waals surface area contributed by atoms with Gasteiger partial charge in [-0.1, -0.05) is 195 Å². The predicted molar refractivity (Wildman–Crippen MR) is 225 cm³/mol. The molecule has 0 spiro atoms. The number of hydrogen-bond donors (Lipinski definition) is 2. The van der Waals surface area contributed by atoms with Crippen molar-refractivity contribution < 1.29 is 24.5 Å². The van der Waals surface area contributed by atoms with Crippen LogP contribution >= 0.6 is 0 Å². The van der Waals surface area contributed by atoms with E-state index < -0.39 is 0 Å². The molecule has 52 heavy (non-hydrogen) atoms. The first kappa shape index (κ1) is 53.0. The summed E-state index contributed by atoms with van der Waals surface area (Å²) in [5, 5.41) is 16.5. The Balaban J connectivity index is 0. The summed E-state index contributed by atoms with van der Waals surface area (Å²) < 4.78 is 6.36. The lowest BCUT2D eigenvalue weighted by Crippen LogP contribution is -2.34. The van der Waals surface area contributed by atoms with Crippen molar-refractivity contribution in [3.05, 3.63) is 0 Å². The lowest BCUT2D eigenvalue weighted by Gasteiger charge is -2.33. The minimum Gasteiger partial charge on any atom is -0.483 e. The van der Waals surface area contributed by atoms with E-state index in [9.17, 15) is 9.90 Å². The van der Waals surface area contributed by atoms with Crippen LogP contribution < -0.4 is 0 Å². The second-order valence-electron chi connectivity index (χ2n) is 15.8. The molecule has 312 valence electrons. The zero-order valence-electron chi connectivity index (χ0n) is 35.7. The van der Waals surface area contributed by atoms with Crippen LogP contribution in [0.1, 0.15) is 252 Å². The highest BCUT2D eigenvalue weighted by Gasteiger charge is 2.31. The van der Waals surface area contributed by atoms with Gasteiger partial charge < -0.3 is 19.8 Å². The molecule has 0 aromatic heterocycles. The van der Waals surface area contributed by atoms with Gasteiger partial charge in [0, 0.05) is 13.0 Å². The number of rotatable bonds is 41. The van der Waals surface area contributed by atoms with Gasteiger partial charge in [-0.25, -0.2) is 0 Å². The number of unbranched alkanes of at least 4 members (excludes halogenated alkanes) is 27. The van der Waals surface area contributed by atoms with Gasteiger partial charge in [-0.3, -0.25) is 9.59 Å². The summed E-state index contributed by atoms with van der Waals surface area (Å²) >= 11 is 0. The first-order valence-electron chi connectivity index (χ1n) is 23.1. The zero-order chi connectivity index (χ0) is 38.6. The van der Waals surface area contributed by atoms with Crippen LogP contribution in [0.25, 0.3) is 0 Å². The second kappa shape index (κ2) is 44.3. The Bertz CT molecular complexity index is 686. The molecular formula is C46H93NO5. The largest absolute Gasteiger partial charge is 0.483 e. The summed E-state index contributed by atoms with van der Waals surface area (Å²) in [6, 6.07) is 0. The monoisotopic (exact) mass is 740 g/mol. The van der Waals surface area contributed by atoms with Crippen LogP contribution in [0, 0.1) is 0 Å². The van der Waals surface area contributed by atoms with Crippen molar-refractivity contribution in [3.63, 3.8) is 0 Å². The fourth-order valence-electron chi connectivity index (χ4n) is 7.54. The molecule has 0 atom stereocenters. The molecule has 6 heteroatoms. The van der Waals surface area contributed by atoms with Gasteiger partial charge in [0.25, 0.3) is 6.47 Å². The number of carbonyl (C=O) groups is 2. The van der Waals surface area contributed by atoms with E-state index in [0.29, 0.717) is 6.42 Å². The molecule has 0 fully saturated rings. The van der Waals surface area contributed by atoms with Crippen molar-refractivity contribution in [2.45, 2.75) is 258 Å². The lowest BCUT2D eigenvalue weighted by atomic mass is 9.87. The SMILES string of the molecule is CCCCCCCCCCCCCCCCN(CCO)CCCCCCCC(=O)OC(CC)(CCCCCCCC)CCCCCCCC.O=CO. The fraction of sp³-hybridized carbons (Fsp3) is 0.957. The van der Waals surface area contributed by atoms with Gasteiger partial charge in [0.15, 0.2) is 0 Å². The molecule has 0 aromatic carbocycles. The first-order valence-corrected chi connectivity index (χ1v) is 23.1. The summed E-state index contributed by atoms with van der Waals surface area (Å²) in [4.78, 5) is 23.9. The third-order valence-corrected chi connectivity index (χ3v) is 11.0. The van der Waals surface area contributed by atoms with Gasteiger partial charge in [0.05, 0.1) is 6.61 Å². The number of nitrogens with zero attached hydrogens (tertiary/aromatic N) is 1. The summed E-state index contributed by atoms with van der Waals surface area (Å²) in [6.45, 7) is 12.1. The Morgan fingerprint density at radius 2 is 0.808 bits per heavy atom. The molecule has 0 radical (unpaired) electrons. The number of aliphatic hydroxyl groups excluding tert-OH is 1. The molecule has 6 nitrogen and oxygen atoms in total. The van der Waals surface area contributed by atoms with Crippen LogP contribution in [-0.2, 0) is 14.3 Å². The topological polar surface area (TPSA) is 87.1 Å². The van der Waals surface area contributed by atoms with Crippen LogP contribution in [0.5, 0.6) is 0 Å². The Morgan fingerprint density at radius 3 is 1.13 bits per heavy atom. The van der Waals surface area contributed by atoms with E-state index in [1.165, 1.54) is 186 Å². The van der Waals surface area contributed by atoms with Crippen LogP contribution in [-0.4, -0.2) is 59.4 Å². The summed E-state index contributed by atoms with van der Waals surface area (Å²) in [6.07, 6.45) is 44.3. The van der Waals surface area contributed by atoms with Crippen molar-refractivity contribution in [2.24, 2.45) is 0 Å². The fourth-order valence-corrected chi connectivity index (χ4v) is 7.54. The highest BCUT2D eigenvalue weighted by Crippen LogP contribution is 2.31. The molecule has 0 aliphatic heterocycles. The van der Waals surface area contributed by atoms with Gasteiger partial charge in [0.1, 0.15) is 5.60 Å². The van der Waals surface area contributed by atoms with E-state index >= 15 is 0 Å². The maximum absolute atomic E-state index is 13.0. The minimum atomic E-state index is -0.250. The summed E-state index contributed by atoms with van der Waals surface area (Å²) in [7, 11) is 0. The number of carbonyl (C=O) groups excluding carboxylic acids is 1. The molecule has 0 aliphatic rings. The van der Waals surface area contributed by atoms with Crippen molar-refractivity contribution in [3.8, 4) is 0 Å². The average Bonchev–Trinajstić information content (AvgIpc) is 3.14. The molecule has 0 aliphatic carbocycles. The summed E-state index contributed by atoms with van der Waals surface area (Å²) in [5.74, 6) is 0.0427. The number of aliphatic hydroxyl groups is 1. The highest BCUT2D eigenvalue weighted by atomic mass is 16.6. The Kier molecular flexibility index (Phi) is 45.1. The molecule has 2 N–H and O–H groups in total. The normalized spacial score (nSPS) is 11.5. The van der Waals surface area contributed by atoms with E-state index in [0.717, 1.165) is 51.7 Å². The number of ether oxygens (including phenoxy) is 1. The third-order valence-electron chi connectivity index (χ3n) is 11.0. The quantitative estimate of drug-likeness (QED) is 0.0369. The van der Waals surface area contributed by atoms with Crippen molar-refractivity contribution in [2.75, 3.05) is 26.2 Å². The Hall–Kier alpha value is -1.14. The van der Waals surface area contributed by atoms with Crippen LogP contribution in [0.3, 0.4) is 0 Å². The van der Waals surface area contributed by atoms with Crippen molar-refractivity contribution in [1.82, 2.24) is 4.90 Å². The van der Waals surface area contributed by atoms with Crippen LogP contribution in [0.4, 0.5) is 0 Å². The van der Waals surface area contributed by atoms with Gasteiger partial charge >= 0.3 is 5.97 Å². The molecule has 0 rings (SSSR count). The van der Waals surface area contributed by atoms with E-state index in [1.54, 1.807) is 0 Å². The smallest absolute Gasteiger partial charge is 0.306 e.